The molecule has 1 rings (SSSR count). The minimum atomic E-state index is 0.822. The van der Waals surface area contributed by atoms with Gasteiger partial charge in [0.25, 0.3) is 0 Å². The van der Waals surface area contributed by atoms with E-state index in [9.17, 15) is 0 Å². The highest BCUT2D eigenvalue weighted by atomic mass is 79.9. The normalized spacial score (nSPS) is 34.5. The Kier molecular flexibility index (Phi) is 1.84. The third kappa shape index (κ3) is 1.16. The highest BCUT2D eigenvalue weighted by molar-refractivity contribution is 9.09. The van der Waals surface area contributed by atoms with Crippen molar-refractivity contribution < 1.29 is 0 Å². The maximum Gasteiger partial charge on any atom is 0.0244 e. The summed E-state index contributed by atoms with van der Waals surface area (Å²) in [7, 11) is 0. The predicted molar refractivity (Wildman–Crippen MR) is 34.7 cm³/mol. The van der Waals surface area contributed by atoms with E-state index < -0.39 is 0 Å². The molecule has 1 saturated heterocycles. The molecule has 2 heteroatoms. The van der Waals surface area contributed by atoms with E-state index >= 15 is 0 Å². The van der Waals surface area contributed by atoms with E-state index in [1.165, 1.54) is 17.9 Å². The van der Waals surface area contributed by atoms with Crippen LogP contribution in [0.4, 0.5) is 0 Å². The first-order chi connectivity index (χ1) is 2.89. The standard InChI is InChI=1S/C4H7BrS/c5-4-1-2-6-3-4/h4H,1-3H2. The Balaban J connectivity index is 2.18. The van der Waals surface area contributed by atoms with Gasteiger partial charge in [-0.1, -0.05) is 15.9 Å². The molecule has 1 unspecified atom stereocenters. The van der Waals surface area contributed by atoms with Crippen LogP contribution in [0.25, 0.3) is 0 Å². The number of hydrogen-bond donors (Lipinski definition) is 0. The quantitative estimate of drug-likeness (QED) is 0.496. The molecular weight excluding hydrogens is 160 g/mol. The van der Waals surface area contributed by atoms with Crippen LogP contribution in [0.15, 0.2) is 0 Å². The van der Waals surface area contributed by atoms with Gasteiger partial charge < -0.3 is 0 Å². The number of alkyl halides is 1. The zero-order valence-corrected chi connectivity index (χ0v) is 5.89. The van der Waals surface area contributed by atoms with E-state index in [0.717, 1.165) is 4.83 Å². The van der Waals surface area contributed by atoms with Crippen LogP contribution in [0.3, 0.4) is 0 Å². The summed E-state index contributed by atoms with van der Waals surface area (Å²) < 4.78 is 0. The molecule has 0 N–H and O–H groups in total. The Labute approximate surface area is 50.8 Å². The van der Waals surface area contributed by atoms with Crippen LogP contribution < -0.4 is 0 Å². The van der Waals surface area contributed by atoms with Gasteiger partial charge in [0.2, 0.25) is 0 Å². The lowest BCUT2D eigenvalue weighted by molar-refractivity contribution is 0.987. The Morgan fingerprint density at radius 2 is 2.50 bits per heavy atom. The van der Waals surface area contributed by atoms with Crippen LogP contribution in [0, 0.1) is 0 Å². The van der Waals surface area contributed by atoms with Gasteiger partial charge in [0.05, 0.1) is 0 Å². The van der Waals surface area contributed by atoms with Crippen molar-refractivity contribution in [1.82, 2.24) is 0 Å². The van der Waals surface area contributed by atoms with Crippen LogP contribution in [0.5, 0.6) is 0 Å². The second kappa shape index (κ2) is 2.22. The average molecular weight is 167 g/mol. The van der Waals surface area contributed by atoms with Crippen molar-refractivity contribution in [2.75, 3.05) is 11.5 Å². The summed E-state index contributed by atoms with van der Waals surface area (Å²) in [4.78, 5) is 0.822. The summed E-state index contributed by atoms with van der Waals surface area (Å²) in [5.74, 6) is 2.68. The summed E-state index contributed by atoms with van der Waals surface area (Å²) in [6.45, 7) is 0. The highest BCUT2D eigenvalue weighted by Gasteiger charge is 2.09. The van der Waals surface area contributed by atoms with E-state index in [1.807, 2.05) is 11.8 Å². The summed E-state index contributed by atoms with van der Waals surface area (Å²) in [6.07, 6.45) is 1.37. The van der Waals surface area contributed by atoms with Crippen molar-refractivity contribution in [1.29, 1.82) is 0 Å². The molecule has 0 amide bonds. The van der Waals surface area contributed by atoms with Crippen molar-refractivity contribution in [3.8, 4) is 0 Å². The summed E-state index contributed by atoms with van der Waals surface area (Å²) in [6, 6.07) is 0. The van der Waals surface area contributed by atoms with E-state index in [1.54, 1.807) is 0 Å². The van der Waals surface area contributed by atoms with Crippen molar-refractivity contribution >= 4 is 27.7 Å². The molecule has 1 fully saturated rings. The van der Waals surface area contributed by atoms with Crippen LogP contribution in [0.2, 0.25) is 0 Å². The number of halogens is 1. The monoisotopic (exact) mass is 166 g/mol. The lowest BCUT2D eigenvalue weighted by Gasteiger charge is -1.87. The first-order valence-electron chi connectivity index (χ1n) is 2.11. The fourth-order valence-electron chi connectivity index (χ4n) is 0.506. The van der Waals surface area contributed by atoms with Gasteiger partial charge in [-0.15, -0.1) is 0 Å². The van der Waals surface area contributed by atoms with Gasteiger partial charge in [0.15, 0.2) is 0 Å². The molecule has 0 radical (unpaired) electrons. The van der Waals surface area contributed by atoms with Crippen molar-refractivity contribution in [3.05, 3.63) is 0 Å². The molecule has 1 aliphatic rings. The van der Waals surface area contributed by atoms with Gasteiger partial charge in [-0.2, -0.15) is 11.8 Å². The molecule has 0 bridgehead atoms. The lowest BCUT2D eigenvalue weighted by Crippen LogP contribution is -1.89. The van der Waals surface area contributed by atoms with Crippen molar-refractivity contribution in [2.24, 2.45) is 0 Å². The molecule has 36 valence electrons. The van der Waals surface area contributed by atoms with E-state index in [0.29, 0.717) is 0 Å². The largest absolute Gasteiger partial charge is 0.161 e. The van der Waals surface area contributed by atoms with Crippen LogP contribution >= 0.6 is 27.7 Å². The predicted octanol–water partition coefficient (Wildman–Crippen LogP) is 1.89. The zero-order valence-electron chi connectivity index (χ0n) is 3.48. The maximum atomic E-state index is 3.52. The molecule has 0 spiro atoms. The lowest BCUT2D eigenvalue weighted by atomic mass is 10.4. The van der Waals surface area contributed by atoms with Gasteiger partial charge in [-0.3, -0.25) is 0 Å². The van der Waals surface area contributed by atoms with Crippen LogP contribution in [0.1, 0.15) is 6.42 Å². The summed E-state index contributed by atoms with van der Waals surface area (Å²) in [5, 5.41) is 0. The summed E-state index contributed by atoms with van der Waals surface area (Å²) >= 11 is 5.55. The van der Waals surface area contributed by atoms with E-state index in [2.05, 4.69) is 15.9 Å². The van der Waals surface area contributed by atoms with Crippen LogP contribution in [-0.4, -0.2) is 16.3 Å². The second-order valence-corrected chi connectivity index (χ2v) is 3.91. The zero-order chi connectivity index (χ0) is 4.41. The fraction of sp³-hybridized carbons (Fsp3) is 1.00. The third-order valence-corrected chi connectivity index (χ3v) is 3.25. The molecular formula is C4H7BrS. The molecule has 0 aromatic heterocycles. The summed E-state index contributed by atoms with van der Waals surface area (Å²) in [5.41, 5.74) is 0. The van der Waals surface area contributed by atoms with Crippen molar-refractivity contribution in [3.63, 3.8) is 0 Å². The fourth-order valence-corrected chi connectivity index (χ4v) is 2.64. The van der Waals surface area contributed by atoms with Gasteiger partial charge in [-0.05, 0) is 12.2 Å². The number of hydrogen-bond acceptors (Lipinski definition) is 1. The minimum absolute atomic E-state index is 0.822. The molecule has 6 heavy (non-hydrogen) atoms. The first-order valence-corrected chi connectivity index (χ1v) is 4.18. The third-order valence-electron chi connectivity index (χ3n) is 0.874. The van der Waals surface area contributed by atoms with Gasteiger partial charge >= 0.3 is 0 Å². The van der Waals surface area contributed by atoms with Gasteiger partial charge in [0, 0.05) is 10.6 Å². The van der Waals surface area contributed by atoms with E-state index in [-0.39, 0.29) is 0 Å². The highest BCUT2D eigenvalue weighted by Crippen LogP contribution is 2.22. The minimum Gasteiger partial charge on any atom is -0.161 e. The molecule has 0 aliphatic carbocycles. The molecule has 1 atom stereocenters. The Morgan fingerprint density at radius 1 is 1.67 bits per heavy atom. The maximum absolute atomic E-state index is 3.52. The van der Waals surface area contributed by atoms with Gasteiger partial charge in [-0.25, -0.2) is 0 Å². The SMILES string of the molecule is BrC1CCSC1. The molecule has 0 aromatic carbocycles. The smallest absolute Gasteiger partial charge is 0.0244 e. The van der Waals surface area contributed by atoms with Crippen LogP contribution in [-0.2, 0) is 0 Å². The molecule has 1 heterocycles. The number of rotatable bonds is 0. The van der Waals surface area contributed by atoms with Gasteiger partial charge in [0.1, 0.15) is 0 Å². The molecule has 0 saturated carbocycles. The topological polar surface area (TPSA) is 0 Å². The Hall–Kier alpha value is 0.830. The van der Waals surface area contributed by atoms with Crippen molar-refractivity contribution in [2.45, 2.75) is 11.2 Å². The molecule has 0 aromatic rings. The number of thioether (sulfide) groups is 1. The Morgan fingerprint density at radius 3 is 2.67 bits per heavy atom. The average Bonchev–Trinajstić information content (AvgIpc) is 1.86. The second-order valence-electron chi connectivity index (χ2n) is 1.46. The Bertz CT molecular complexity index is 40.8. The first kappa shape index (κ1) is 4.98. The molecule has 1 aliphatic heterocycles. The van der Waals surface area contributed by atoms with E-state index in [4.69, 9.17) is 0 Å². The molecule has 0 nitrogen and oxygen atoms in total.